The maximum atomic E-state index is 11.7. The molecule has 0 amide bonds. The third-order valence-corrected chi connectivity index (χ3v) is 6.25. The Morgan fingerprint density at radius 1 is 1.25 bits per heavy atom. The van der Waals surface area contributed by atoms with Crippen LogP contribution < -0.4 is 0 Å². The minimum absolute atomic E-state index is 0.0590. The van der Waals surface area contributed by atoms with Gasteiger partial charge in [-0.1, -0.05) is 36.7 Å². The molecule has 2 bridgehead atoms. The van der Waals surface area contributed by atoms with Crippen molar-refractivity contribution < 1.29 is 4.79 Å². The van der Waals surface area contributed by atoms with Gasteiger partial charge in [-0.3, -0.25) is 4.79 Å². The molecule has 0 aromatic heterocycles. The first-order valence-corrected chi connectivity index (χ1v) is 5.35. The monoisotopic (exact) mass is 230 g/mol. The fourth-order valence-electron chi connectivity index (χ4n) is 2.81. The van der Waals surface area contributed by atoms with Crippen LogP contribution in [0.25, 0.3) is 0 Å². The Balaban J connectivity index is 2.56. The van der Waals surface area contributed by atoms with Crippen molar-refractivity contribution in [2.75, 3.05) is 0 Å². The van der Waals surface area contributed by atoms with Gasteiger partial charge in [-0.2, -0.15) is 0 Å². The van der Waals surface area contributed by atoms with E-state index in [0.29, 0.717) is 5.78 Å². The van der Waals surface area contributed by atoms with Crippen molar-refractivity contribution in [3.05, 3.63) is 0 Å². The normalized spacial score (nSPS) is 50.2. The van der Waals surface area contributed by atoms with E-state index in [-0.39, 0.29) is 15.2 Å². The molecular formula is C10H15BrO. The summed E-state index contributed by atoms with van der Waals surface area (Å²) < 4.78 is 0.103. The summed E-state index contributed by atoms with van der Waals surface area (Å²) in [5, 5.41) is 0. The number of carbonyl (C=O) groups is 1. The minimum atomic E-state index is -0.0590. The van der Waals surface area contributed by atoms with Gasteiger partial charge in [0.1, 0.15) is 5.78 Å². The standard InChI is InChI=1S/C10H15BrO/c1-8(2)9(3)4-5-10(8,11)6-7(9)12/h4-6H2,1-3H3/t9-,10+/m0/s1. The third kappa shape index (κ3) is 0.650. The number of Topliss-reactive ketones (excluding diaryl/α,β-unsaturated/α-hetero) is 1. The third-order valence-electron chi connectivity index (χ3n) is 4.58. The van der Waals surface area contributed by atoms with Gasteiger partial charge in [-0.05, 0) is 18.3 Å². The molecule has 2 heteroatoms. The highest BCUT2D eigenvalue weighted by Gasteiger charge is 2.68. The Bertz CT molecular complexity index is 259. The van der Waals surface area contributed by atoms with Gasteiger partial charge in [0.2, 0.25) is 0 Å². The van der Waals surface area contributed by atoms with Crippen molar-refractivity contribution in [1.82, 2.24) is 0 Å². The van der Waals surface area contributed by atoms with Crippen molar-refractivity contribution >= 4 is 21.7 Å². The average Bonchev–Trinajstić information content (AvgIpc) is 2.18. The van der Waals surface area contributed by atoms with Gasteiger partial charge in [0.15, 0.2) is 0 Å². The molecule has 2 fully saturated rings. The van der Waals surface area contributed by atoms with Gasteiger partial charge in [-0.25, -0.2) is 0 Å². The Hall–Kier alpha value is 0.150. The number of fused-ring (bicyclic) bond motifs is 2. The van der Waals surface area contributed by atoms with Crippen LogP contribution in [-0.2, 0) is 4.79 Å². The van der Waals surface area contributed by atoms with Crippen LogP contribution in [0, 0.1) is 10.8 Å². The van der Waals surface area contributed by atoms with E-state index in [4.69, 9.17) is 0 Å². The van der Waals surface area contributed by atoms with E-state index >= 15 is 0 Å². The SMILES string of the molecule is CC1(C)[C@@]2(Br)CC[C@@]1(C)C(=O)C2. The molecule has 68 valence electrons. The summed E-state index contributed by atoms with van der Waals surface area (Å²) in [6.07, 6.45) is 2.95. The molecule has 0 heterocycles. The van der Waals surface area contributed by atoms with Gasteiger partial charge in [0, 0.05) is 16.2 Å². The van der Waals surface area contributed by atoms with Gasteiger partial charge < -0.3 is 0 Å². The molecule has 1 nitrogen and oxygen atoms in total. The summed E-state index contributed by atoms with van der Waals surface area (Å²) in [5.74, 6) is 0.454. The van der Waals surface area contributed by atoms with Crippen molar-refractivity contribution in [3.8, 4) is 0 Å². The Labute approximate surface area is 82.0 Å². The predicted octanol–water partition coefficient (Wildman–Crippen LogP) is 2.92. The smallest absolute Gasteiger partial charge is 0.140 e. The van der Waals surface area contributed by atoms with Crippen molar-refractivity contribution in [2.24, 2.45) is 10.8 Å². The Morgan fingerprint density at radius 3 is 2.00 bits per heavy atom. The number of carbonyl (C=O) groups excluding carboxylic acids is 1. The summed E-state index contributed by atoms with van der Waals surface area (Å²) in [5.41, 5.74) is 0.0770. The molecule has 12 heavy (non-hydrogen) atoms. The van der Waals surface area contributed by atoms with Crippen LogP contribution in [0.4, 0.5) is 0 Å². The van der Waals surface area contributed by atoms with Gasteiger partial charge in [0.25, 0.3) is 0 Å². The molecule has 2 rings (SSSR count). The van der Waals surface area contributed by atoms with Crippen LogP contribution in [0.15, 0.2) is 0 Å². The van der Waals surface area contributed by atoms with E-state index < -0.39 is 0 Å². The lowest BCUT2D eigenvalue weighted by molar-refractivity contribution is -0.128. The zero-order chi connectivity index (χ0) is 9.20. The van der Waals surface area contributed by atoms with Crippen LogP contribution in [0.1, 0.15) is 40.0 Å². The molecule has 0 aliphatic heterocycles. The molecule has 2 saturated carbocycles. The first kappa shape index (κ1) is 8.74. The van der Waals surface area contributed by atoms with E-state index in [0.717, 1.165) is 19.3 Å². The second-order valence-corrected chi connectivity index (χ2v) is 6.54. The largest absolute Gasteiger partial charge is 0.299 e. The highest BCUT2D eigenvalue weighted by molar-refractivity contribution is 9.10. The number of ketones is 1. The molecule has 2 aliphatic carbocycles. The van der Waals surface area contributed by atoms with Gasteiger partial charge in [0.05, 0.1) is 0 Å². The second-order valence-electron chi connectivity index (χ2n) is 5.02. The van der Waals surface area contributed by atoms with E-state index in [1.54, 1.807) is 0 Å². The van der Waals surface area contributed by atoms with Crippen LogP contribution in [0.5, 0.6) is 0 Å². The fourth-order valence-corrected chi connectivity index (χ4v) is 3.70. The van der Waals surface area contributed by atoms with Crippen LogP contribution in [0.3, 0.4) is 0 Å². The quantitative estimate of drug-likeness (QED) is 0.586. The molecule has 2 atom stereocenters. The molecule has 0 unspecified atom stereocenters. The molecule has 0 radical (unpaired) electrons. The zero-order valence-electron chi connectivity index (χ0n) is 7.91. The van der Waals surface area contributed by atoms with Crippen LogP contribution in [-0.4, -0.2) is 10.1 Å². The molecule has 0 aromatic rings. The molecule has 0 spiro atoms. The van der Waals surface area contributed by atoms with E-state index in [1.807, 2.05) is 0 Å². The number of hydrogen-bond donors (Lipinski definition) is 0. The Kier molecular flexibility index (Phi) is 1.43. The predicted molar refractivity (Wildman–Crippen MR) is 52.4 cm³/mol. The molecule has 0 saturated heterocycles. The summed E-state index contributed by atoms with van der Waals surface area (Å²) in [4.78, 5) is 11.7. The minimum Gasteiger partial charge on any atom is -0.299 e. The van der Waals surface area contributed by atoms with Crippen LogP contribution >= 0.6 is 15.9 Å². The summed E-state index contributed by atoms with van der Waals surface area (Å²) >= 11 is 3.76. The van der Waals surface area contributed by atoms with Gasteiger partial charge >= 0.3 is 0 Å². The number of halogens is 1. The molecule has 0 aromatic carbocycles. The lowest BCUT2D eigenvalue weighted by atomic mass is 9.70. The topological polar surface area (TPSA) is 17.1 Å². The average molecular weight is 231 g/mol. The first-order valence-electron chi connectivity index (χ1n) is 4.56. The van der Waals surface area contributed by atoms with E-state index in [9.17, 15) is 4.79 Å². The Morgan fingerprint density at radius 2 is 1.83 bits per heavy atom. The fraction of sp³-hybridized carbons (Fsp3) is 0.900. The summed E-state index contributed by atoms with van der Waals surface area (Å²) in [6.45, 7) is 6.57. The van der Waals surface area contributed by atoms with Crippen molar-refractivity contribution in [1.29, 1.82) is 0 Å². The zero-order valence-corrected chi connectivity index (χ0v) is 9.49. The highest BCUT2D eigenvalue weighted by Crippen LogP contribution is 2.69. The van der Waals surface area contributed by atoms with Crippen LogP contribution in [0.2, 0.25) is 0 Å². The molecule has 2 aliphatic rings. The maximum Gasteiger partial charge on any atom is 0.140 e. The number of rotatable bonds is 0. The number of hydrogen-bond acceptors (Lipinski definition) is 1. The summed E-state index contributed by atoms with van der Waals surface area (Å²) in [7, 11) is 0. The molecular weight excluding hydrogens is 216 g/mol. The lowest BCUT2D eigenvalue weighted by Crippen LogP contribution is -2.35. The van der Waals surface area contributed by atoms with E-state index in [2.05, 4.69) is 36.7 Å². The van der Waals surface area contributed by atoms with E-state index in [1.165, 1.54) is 0 Å². The van der Waals surface area contributed by atoms with Crippen molar-refractivity contribution in [2.45, 2.75) is 44.4 Å². The summed E-state index contributed by atoms with van der Waals surface area (Å²) in [6, 6.07) is 0. The van der Waals surface area contributed by atoms with Gasteiger partial charge in [-0.15, -0.1) is 0 Å². The molecule has 0 N–H and O–H groups in total. The highest BCUT2D eigenvalue weighted by atomic mass is 79.9. The number of alkyl halides is 1. The second kappa shape index (κ2) is 1.97. The maximum absolute atomic E-state index is 11.7. The van der Waals surface area contributed by atoms with Crippen molar-refractivity contribution in [3.63, 3.8) is 0 Å². The first-order chi connectivity index (χ1) is 5.33. The lowest BCUT2D eigenvalue weighted by Gasteiger charge is -2.36.